The fraction of sp³-hybridized carbons (Fsp3) is 0.167. The minimum absolute atomic E-state index is 0.106. The second kappa shape index (κ2) is 6.40. The summed E-state index contributed by atoms with van der Waals surface area (Å²) in [7, 11) is 0. The highest BCUT2D eigenvalue weighted by Gasteiger charge is 2.16. The van der Waals surface area contributed by atoms with Crippen LogP contribution in [0.25, 0.3) is 0 Å². The summed E-state index contributed by atoms with van der Waals surface area (Å²) in [6.07, 6.45) is 2.13. The summed E-state index contributed by atoms with van der Waals surface area (Å²) >= 11 is 6.42. The van der Waals surface area contributed by atoms with E-state index >= 15 is 0 Å². The first kappa shape index (κ1) is 14.4. The number of hydrogen-bond donors (Lipinski definition) is 1. The lowest BCUT2D eigenvalue weighted by Gasteiger charge is -2.19. The Morgan fingerprint density at radius 3 is 2.85 bits per heavy atom. The van der Waals surface area contributed by atoms with Crippen LogP contribution in [0.15, 0.2) is 35.8 Å². The summed E-state index contributed by atoms with van der Waals surface area (Å²) in [5.41, 5.74) is 6.43. The maximum absolute atomic E-state index is 11.0. The number of nitrogens with zero attached hydrogens (tertiary/aromatic N) is 3. The van der Waals surface area contributed by atoms with Crippen LogP contribution in [0.1, 0.15) is 5.56 Å². The molecule has 1 aromatic heterocycles. The van der Waals surface area contributed by atoms with Gasteiger partial charge in [0.1, 0.15) is 0 Å². The molecule has 2 rings (SSSR count). The van der Waals surface area contributed by atoms with Gasteiger partial charge >= 0.3 is 0 Å². The third-order valence-corrected chi connectivity index (χ3v) is 3.72. The van der Waals surface area contributed by atoms with Gasteiger partial charge in [-0.2, -0.15) is 0 Å². The normalized spacial score (nSPS) is 10.2. The van der Waals surface area contributed by atoms with Gasteiger partial charge in [-0.15, -0.1) is 11.3 Å². The Kier molecular flexibility index (Phi) is 4.59. The van der Waals surface area contributed by atoms with Crippen molar-refractivity contribution in [2.75, 3.05) is 11.4 Å². The van der Waals surface area contributed by atoms with Crippen LogP contribution in [0, 0.1) is 10.1 Å². The molecule has 0 aliphatic carbocycles. The average molecular weight is 308 g/mol. The summed E-state index contributed by atoms with van der Waals surface area (Å²) in [5, 5.41) is 13.7. The smallest absolute Gasteiger partial charge is 0.272 e. The van der Waals surface area contributed by atoms with E-state index < -0.39 is 0 Å². The predicted octanol–water partition coefficient (Wildman–Crippen LogP) is 2.34. The lowest BCUT2D eigenvalue weighted by molar-refractivity contribution is -0.385. The summed E-state index contributed by atoms with van der Waals surface area (Å²) in [6, 6.07) is 6.65. The van der Waals surface area contributed by atoms with Crippen molar-refractivity contribution in [2.24, 2.45) is 5.73 Å². The Balaban J connectivity index is 2.15. The van der Waals surface area contributed by atoms with Crippen molar-refractivity contribution in [3.63, 3.8) is 0 Å². The standard InChI is InChI=1S/C12H12N4O2S2/c13-11(19)15(12-14-6-8-20-12)7-5-9-3-1-2-4-10(9)16(17)18/h1-4,6,8H,5,7H2,(H2,13,19). The Morgan fingerprint density at radius 2 is 2.25 bits per heavy atom. The van der Waals surface area contributed by atoms with Gasteiger partial charge in [0.15, 0.2) is 10.2 Å². The number of rotatable bonds is 5. The van der Waals surface area contributed by atoms with Crippen molar-refractivity contribution in [2.45, 2.75) is 6.42 Å². The molecule has 1 heterocycles. The van der Waals surface area contributed by atoms with Crippen molar-refractivity contribution in [1.29, 1.82) is 0 Å². The molecule has 0 unspecified atom stereocenters. The molecule has 0 spiro atoms. The SMILES string of the molecule is NC(=S)N(CCc1ccccc1[N+](=O)[O-])c1nccs1. The summed E-state index contributed by atoms with van der Waals surface area (Å²) in [6.45, 7) is 0.452. The van der Waals surface area contributed by atoms with Gasteiger partial charge in [0.2, 0.25) is 0 Å². The molecule has 0 aliphatic rings. The number of benzene rings is 1. The zero-order valence-corrected chi connectivity index (χ0v) is 12.1. The number of aromatic nitrogens is 1. The summed E-state index contributed by atoms with van der Waals surface area (Å²) < 4.78 is 0. The number of thiocarbonyl (C=S) groups is 1. The Hall–Kier alpha value is -2.06. The van der Waals surface area contributed by atoms with Crippen LogP contribution in [0.5, 0.6) is 0 Å². The molecular weight excluding hydrogens is 296 g/mol. The third kappa shape index (κ3) is 3.28. The van der Waals surface area contributed by atoms with Crippen LogP contribution in [0.2, 0.25) is 0 Å². The van der Waals surface area contributed by atoms with Gasteiger partial charge in [-0.1, -0.05) is 18.2 Å². The zero-order valence-electron chi connectivity index (χ0n) is 10.4. The molecule has 2 aromatic rings. The van der Waals surface area contributed by atoms with E-state index in [-0.39, 0.29) is 15.7 Å². The largest absolute Gasteiger partial charge is 0.376 e. The van der Waals surface area contributed by atoms with E-state index in [0.29, 0.717) is 23.7 Å². The Labute approximate surface area is 125 Å². The number of nitro benzene ring substituents is 1. The van der Waals surface area contributed by atoms with Crippen LogP contribution < -0.4 is 10.6 Å². The first-order valence-corrected chi connectivity index (χ1v) is 7.07. The Morgan fingerprint density at radius 1 is 1.50 bits per heavy atom. The molecule has 0 saturated heterocycles. The monoisotopic (exact) mass is 308 g/mol. The van der Waals surface area contributed by atoms with E-state index in [9.17, 15) is 10.1 Å². The number of para-hydroxylation sites is 1. The highest BCUT2D eigenvalue weighted by Crippen LogP contribution is 2.21. The van der Waals surface area contributed by atoms with Crippen molar-refractivity contribution in [3.8, 4) is 0 Å². The third-order valence-electron chi connectivity index (χ3n) is 2.71. The van der Waals surface area contributed by atoms with Crippen LogP contribution in [0.3, 0.4) is 0 Å². The number of nitro groups is 1. The quantitative estimate of drug-likeness (QED) is 0.518. The van der Waals surface area contributed by atoms with Gasteiger partial charge in [0, 0.05) is 29.8 Å². The van der Waals surface area contributed by atoms with Crippen molar-refractivity contribution in [3.05, 3.63) is 51.5 Å². The molecule has 2 N–H and O–H groups in total. The van der Waals surface area contributed by atoms with Crippen LogP contribution in [0.4, 0.5) is 10.8 Å². The van der Waals surface area contributed by atoms with Crippen molar-refractivity contribution < 1.29 is 4.92 Å². The lowest BCUT2D eigenvalue weighted by atomic mass is 10.1. The number of nitrogens with two attached hydrogens (primary N) is 1. The van der Waals surface area contributed by atoms with Crippen molar-refractivity contribution >= 4 is 39.5 Å². The second-order valence-corrected chi connectivity index (χ2v) is 5.23. The molecule has 0 fully saturated rings. The summed E-state index contributed by atoms with van der Waals surface area (Å²) in [4.78, 5) is 16.4. The second-order valence-electron chi connectivity index (χ2n) is 3.94. The van der Waals surface area contributed by atoms with E-state index in [1.165, 1.54) is 17.4 Å². The lowest BCUT2D eigenvalue weighted by Crippen LogP contribution is -2.37. The first-order valence-electron chi connectivity index (χ1n) is 5.78. The average Bonchev–Trinajstić information content (AvgIpc) is 2.92. The van der Waals surface area contributed by atoms with Crippen LogP contribution in [-0.4, -0.2) is 21.6 Å². The molecule has 0 amide bonds. The topological polar surface area (TPSA) is 85.3 Å². The van der Waals surface area contributed by atoms with Crippen LogP contribution >= 0.6 is 23.6 Å². The summed E-state index contributed by atoms with van der Waals surface area (Å²) in [5.74, 6) is 0. The molecular formula is C12H12N4O2S2. The van der Waals surface area contributed by atoms with E-state index in [1.54, 1.807) is 29.3 Å². The van der Waals surface area contributed by atoms with E-state index in [2.05, 4.69) is 4.98 Å². The maximum atomic E-state index is 11.0. The van der Waals surface area contributed by atoms with E-state index in [1.807, 2.05) is 5.38 Å². The molecule has 0 aliphatic heterocycles. The Bertz CT molecular complexity index is 616. The van der Waals surface area contributed by atoms with Gasteiger partial charge in [0.25, 0.3) is 5.69 Å². The number of hydrogen-bond acceptors (Lipinski definition) is 5. The number of anilines is 1. The zero-order chi connectivity index (χ0) is 14.5. The van der Waals surface area contributed by atoms with Crippen LogP contribution in [-0.2, 0) is 6.42 Å². The molecule has 20 heavy (non-hydrogen) atoms. The molecule has 0 atom stereocenters. The molecule has 8 heteroatoms. The molecule has 0 bridgehead atoms. The van der Waals surface area contributed by atoms with Gasteiger partial charge in [-0.05, 0) is 18.6 Å². The highest BCUT2D eigenvalue weighted by molar-refractivity contribution is 7.80. The molecule has 6 nitrogen and oxygen atoms in total. The van der Waals surface area contributed by atoms with Gasteiger partial charge in [-0.3, -0.25) is 15.0 Å². The highest BCUT2D eigenvalue weighted by atomic mass is 32.1. The fourth-order valence-corrected chi connectivity index (χ4v) is 2.70. The van der Waals surface area contributed by atoms with Gasteiger partial charge < -0.3 is 5.73 Å². The maximum Gasteiger partial charge on any atom is 0.272 e. The number of thiazole rings is 1. The van der Waals surface area contributed by atoms with Crippen molar-refractivity contribution in [1.82, 2.24) is 4.98 Å². The molecule has 1 aromatic carbocycles. The fourth-order valence-electron chi connectivity index (χ4n) is 1.78. The minimum Gasteiger partial charge on any atom is -0.376 e. The molecule has 0 radical (unpaired) electrons. The van der Waals surface area contributed by atoms with Gasteiger partial charge in [-0.25, -0.2) is 4.98 Å². The van der Waals surface area contributed by atoms with E-state index in [4.69, 9.17) is 18.0 Å². The molecule has 104 valence electrons. The predicted molar refractivity (Wildman–Crippen MR) is 83.0 cm³/mol. The van der Waals surface area contributed by atoms with Gasteiger partial charge in [0.05, 0.1) is 4.92 Å². The van der Waals surface area contributed by atoms with E-state index in [0.717, 1.165) is 0 Å². The first-order chi connectivity index (χ1) is 9.59. The minimum atomic E-state index is -0.385. The molecule has 0 saturated carbocycles.